The summed E-state index contributed by atoms with van der Waals surface area (Å²) in [5, 5.41) is 4.09. The van der Waals surface area contributed by atoms with Crippen LogP contribution in [0.3, 0.4) is 0 Å². The molecule has 0 spiro atoms. The number of anilines is 1. The van der Waals surface area contributed by atoms with Gasteiger partial charge in [-0.25, -0.2) is 8.42 Å². The summed E-state index contributed by atoms with van der Waals surface area (Å²) in [6.45, 7) is 10.8. The lowest BCUT2D eigenvalue weighted by atomic mass is 9.86. The molecule has 3 aromatic rings. The number of benzene rings is 1. The van der Waals surface area contributed by atoms with E-state index in [0.717, 1.165) is 18.7 Å². The third-order valence-corrected chi connectivity index (χ3v) is 9.45. The summed E-state index contributed by atoms with van der Waals surface area (Å²) < 4.78 is 33.7. The van der Waals surface area contributed by atoms with Crippen molar-refractivity contribution < 1.29 is 17.7 Å². The third kappa shape index (κ3) is 4.75. The number of piperazine rings is 1. The van der Waals surface area contributed by atoms with Gasteiger partial charge in [0.05, 0.1) is 11.6 Å². The molecule has 0 unspecified atom stereocenters. The topological polar surface area (TPSA) is 99.8 Å². The highest BCUT2D eigenvalue weighted by molar-refractivity contribution is 7.89. The molecule has 0 radical (unpaired) electrons. The fourth-order valence-corrected chi connectivity index (χ4v) is 7.09. The van der Waals surface area contributed by atoms with E-state index in [1.807, 2.05) is 18.7 Å². The SMILES string of the molecule is Cc1ccc(C)c(N2CCN(C(=O)[C@@H]3CN(S(=O)(=O)c4cccnc4)C[C@H]3c3c(C)noc3C)CC2)c1. The van der Waals surface area contributed by atoms with Crippen LogP contribution in [0.25, 0.3) is 0 Å². The number of carbonyl (C=O) groups is 1. The zero-order valence-electron chi connectivity index (χ0n) is 21.7. The van der Waals surface area contributed by atoms with Crippen LogP contribution in [-0.2, 0) is 14.8 Å². The van der Waals surface area contributed by atoms with Gasteiger partial charge in [-0.05, 0) is 57.0 Å². The van der Waals surface area contributed by atoms with Crippen LogP contribution >= 0.6 is 0 Å². The predicted molar refractivity (Wildman–Crippen MR) is 140 cm³/mol. The number of hydrogen-bond acceptors (Lipinski definition) is 7. The smallest absolute Gasteiger partial charge is 0.244 e. The van der Waals surface area contributed by atoms with E-state index in [9.17, 15) is 13.2 Å². The molecule has 0 N–H and O–H groups in total. The van der Waals surface area contributed by atoms with E-state index in [1.54, 1.807) is 12.3 Å². The Morgan fingerprint density at radius 2 is 1.78 bits per heavy atom. The van der Waals surface area contributed by atoms with Gasteiger partial charge < -0.3 is 14.3 Å². The first-order valence-corrected chi connectivity index (χ1v) is 14.0. The molecule has 2 saturated heterocycles. The average Bonchev–Trinajstić information content (AvgIpc) is 3.48. The van der Waals surface area contributed by atoms with Gasteiger partial charge in [-0.2, -0.15) is 4.31 Å². The summed E-state index contributed by atoms with van der Waals surface area (Å²) in [4.78, 5) is 22.2. The Labute approximate surface area is 218 Å². The fraction of sp³-hybridized carbons (Fsp3) is 0.444. The first-order chi connectivity index (χ1) is 17.7. The van der Waals surface area contributed by atoms with E-state index >= 15 is 0 Å². The molecule has 196 valence electrons. The van der Waals surface area contributed by atoms with Crippen molar-refractivity contribution in [2.24, 2.45) is 5.92 Å². The summed E-state index contributed by atoms with van der Waals surface area (Å²) >= 11 is 0. The van der Waals surface area contributed by atoms with E-state index < -0.39 is 15.9 Å². The zero-order chi connectivity index (χ0) is 26.3. The van der Waals surface area contributed by atoms with Gasteiger partial charge in [0.2, 0.25) is 15.9 Å². The summed E-state index contributed by atoms with van der Waals surface area (Å²) in [5.74, 6) is -0.243. The van der Waals surface area contributed by atoms with Crippen molar-refractivity contribution in [2.75, 3.05) is 44.2 Å². The number of rotatable bonds is 5. The van der Waals surface area contributed by atoms with E-state index in [4.69, 9.17) is 4.52 Å². The number of aromatic nitrogens is 2. The predicted octanol–water partition coefficient (Wildman–Crippen LogP) is 3.06. The summed E-state index contributed by atoms with van der Waals surface area (Å²) in [7, 11) is -3.80. The van der Waals surface area contributed by atoms with E-state index in [2.05, 4.69) is 47.1 Å². The molecule has 1 aromatic carbocycles. The van der Waals surface area contributed by atoms with Crippen molar-refractivity contribution in [1.29, 1.82) is 0 Å². The normalized spacial score (nSPS) is 21.0. The second-order valence-corrected chi connectivity index (χ2v) is 12.0. The molecule has 2 aliphatic heterocycles. The van der Waals surface area contributed by atoms with Gasteiger partial charge in [0.15, 0.2) is 0 Å². The highest BCUT2D eigenvalue weighted by Gasteiger charge is 2.47. The van der Waals surface area contributed by atoms with Crippen LogP contribution < -0.4 is 4.90 Å². The van der Waals surface area contributed by atoms with Crippen molar-refractivity contribution in [3.63, 3.8) is 0 Å². The number of carbonyl (C=O) groups excluding carboxylic acids is 1. The molecule has 0 aliphatic carbocycles. The third-order valence-electron chi connectivity index (χ3n) is 7.63. The minimum Gasteiger partial charge on any atom is -0.368 e. The fourth-order valence-electron chi connectivity index (χ4n) is 5.64. The number of pyridine rings is 1. The molecule has 10 heteroatoms. The van der Waals surface area contributed by atoms with Crippen LogP contribution in [-0.4, -0.2) is 72.9 Å². The Bertz CT molecular complexity index is 1380. The molecule has 0 saturated carbocycles. The Morgan fingerprint density at radius 1 is 1.03 bits per heavy atom. The summed E-state index contributed by atoms with van der Waals surface area (Å²) in [6.07, 6.45) is 2.89. The van der Waals surface area contributed by atoms with Crippen molar-refractivity contribution in [3.05, 3.63) is 70.9 Å². The van der Waals surface area contributed by atoms with Gasteiger partial charge in [0.25, 0.3) is 0 Å². The van der Waals surface area contributed by atoms with Crippen LogP contribution in [0.15, 0.2) is 52.1 Å². The number of nitrogens with zero attached hydrogens (tertiary/aromatic N) is 5. The lowest BCUT2D eigenvalue weighted by molar-refractivity contribution is -0.135. The van der Waals surface area contributed by atoms with E-state index in [1.165, 1.54) is 33.4 Å². The second kappa shape index (κ2) is 9.90. The molecule has 0 bridgehead atoms. The van der Waals surface area contributed by atoms with Gasteiger partial charge >= 0.3 is 0 Å². The van der Waals surface area contributed by atoms with Crippen molar-refractivity contribution in [3.8, 4) is 0 Å². The van der Waals surface area contributed by atoms with Gasteiger partial charge in [-0.3, -0.25) is 9.78 Å². The number of hydrogen-bond donors (Lipinski definition) is 0. The highest BCUT2D eigenvalue weighted by atomic mass is 32.2. The van der Waals surface area contributed by atoms with E-state index in [0.29, 0.717) is 24.5 Å². The molecule has 1 amide bonds. The quantitative estimate of drug-likeness (QED) is 0.507. The summed E-state index contributed by atoms with van der Waals surface area (Å²) in [5.41, 5.74) is 5.16. The summed E-state index contributed by atoms with van der Waals surface area (Å²) in [6, 6.07) is 9.57. The minimum atomic E-state index is -3.80. The van der Waals surface area contributed by atoms with Crippen LogP contribution in [0.2, 0.25) is 0 Å². The van der Waals surface area contributed by atoms with Crippen LogP contribution in [0.4, 0.5) is 5.69 Å². The lowest BCUT2D eigenvalue weighted by Crippen LogP contribution is -2.51. The average molecular weight is 524 g/mol. The Hall–Kier alpha value is -3.24. The van der Waals surface area contributed by atoms with E-state index in [-0.39, 0.29) is 29.8 Å². The number of aryl methyl sites for hydroxylation is 4. The molecule has 2 atom stereocenters. The molecule has 2 aliphatic rings. The second-order valence-electron chi connectivity index (χ2n) is 10.1. The molecular weight excluding hydrogens is 490 g/mol. The largest absolute Gasteiger partial charge is 0.368 e. The maximum Gasteiger partial charge on any atom is 0.244 e. The van der Waals surface area contributed by atoms with Crippen LogP contribution in [0.1, 0.15) is 34.1 Å². The van der Waals surface area contributed by atoms with Gasteiger partial charge in [-0.15, -0.1) is 0 Å². The zero-order valence-corrected chi connectivity index (χ0v) is 22.5. The van der Waals surface area contributed by atoms with Gasteiger partial charge in [0.1, 0.15) is 10.7 Å². The van der Waals surface area contributed by atoms with Crippen LogP contribution in [0, 0.1) is 33.6 Å². The van der Waals surface area contributed by atoms with Crippen molar-refractivity contribution in [2.45, 2.75) is 38.5 Å². The first kappa shape index (κ1) is 25.4. The van der Waals surface area contributed by atoms with Gasteiger partial charge in [0, 0.05) is 68.8 Å². The minimum absolute atomic E-state index is 0.0190. The molecule has 2 aromatic heterocycles. The van der Waals surface area contributed by atoms with Crippen LogP contribution in [0.5, 0.6) is 0 Å². The van der Waals surface area contributed by atoms with Crippen molar-refractivity contribution >= 4 is 21.6 Å². The maximum atomic E-state index is 13.9. The highest BCUT2D eigenvalue weighted by Crippen LogP contribution is 2.39. The number of sulfonamides is 1. The monoisotopic (exact) mass is 523 g/mol. The Balaban J connectivity index is 1.39. The molecule has 4 heterocycles. The van der Waals surface area contributed by atoms with Crippen molar-refractivity contribution in [1.82, 2.24) is 19.3 Å². The Kier molecular flexibility index (Phi) is 6.80. The maximum absolute atomic E-state index is 13.9. The number of amides is 1. The van der Waals surface area contributed by atoms with Gasteiger partial charge in [-0.1, -0.05) is 17.3 Å². The lowest BCUT2D eigenvalue weighted by Gasteiger charge is -2.38. The molecular formula is C27H33N5O4S. The Morgan fingerprint density at radius 3 is 2.43 bits per heavy atom. The molecule has 9 nitrogen and oxygen atoms in total. The molecule has 2 fully saturated rings. The molecule has 37 heavy (non-hydrogen) atoms. The standard InChI is InChI=1S/C27H33N5O4S/c1-18-7-8-19(2)25(14-18)30-10-12-31(13-11-30)27(33)24-17-32(37(34,35)22-6-5-9-28-15-22)16-23(24)26-20(3)29-36-21(26)4/h5-9,14-15,23-24H,10-13,16-17H2,1-4H3/t23-,24-/m1/s1. The first-order valence-electron chi connectivity index (χ1n) is 12.6. The molecule has 5 rings (SSSR count).